The van der Waals surface area contributed by atoms with Crippen LogP contribution in [0.1, 0.15) is 5.56 Å². The lowest BCUT2D eigenvalue weighted by atomic mass is 10.2. The summed E-state index contributed by atoms with van der Waals surface area (Å²) in [6, 6.07) is 6.15. The largest absolute Gasteiger partial charge is 0.480 e. The lowest BCUT2D eigenvalue weighted by molar-refractivity contribution is -0.140. The molecule has 0 aliphatic rings. The van der Waals surface area contributed by atoms with Crippen LogP contribution in [0.5, 0.6) is 0 Å². The molecule has 0 aliphatic heterocycles. The molecule has 0 saturated carbocycles. The summed E-state index contributed by atoms with van der Waals surface area (Å²) < 4.78 is 5.13. The zero-order valence-electron chi connectivity index (χ0n) is 8.02. The number of carboxylic acids is 1. The van der Waals surface area contributed by atoms with Crippen molar-refractivity contribution in [3.8, 4) is 0 Å². The number of hydrogen-bond donors (Lipinski definition) is 2. The number of benzene rings is 1. The van der Waals surface area contributed by atoms with E-state index in [2.05, 4.69) is 0 Å². The van der Waals surface area contributed by atoms with Crippen molar-refractivity contribution in [3.63, 3.8) is 0 Å². The Labute approximate surface area is 92.6 Å². The Kier molecular flexibility index (Phi) is 4.55. The van der Waals surface area contributed by atoms with E-state index in [1.807, 2.05) is 12.1 Å². The van der Waals surface area contributed by atoms with Gasteiger partial charge in [0.2, 0.25) is 0 Å². The molecule has 0 aliphatic carbocycles. The zero-order chi connectivity index (χ0) is 11.3. The van der Waals surface area contributed by atoms with Crippen molar-refractivity contribution in [1.82, 2.24) is 0 Å². The second-order valence-corrected chi connectivity index (χ2v) is 3.52. The third-order valence-electron chi connectivity index (χ3n) is 1.80. The molecule has 0 aromatic heterocycles. The molecule has 0 fully saturated rings. The highest BCUT2D eigenvalue weighted by molar-refractivity contribution is 6.30. The van der Waals surface area contributed by atoms with E-state index in [-0.39, 0.29) is 6.61 Å². The van der Waals surface area contributed by atoms with Crippen LogP contribution >= 0.6 is 11.6 Å². The van der Waals surface area contributed by atoms with E-state index in [0.29, 0.717) is 11.6 Å². The highest BCUT2D eigenvalue weighted by Crippen LogP contribution is 2.10. The third-order valence-corrected chi connectivity index (χ3v) is 2.05. The van der Waals surface area contributed by atoms with Crippen LogP contribution in [0.3, 0.4) is 0 Å². The number of carbonyl (C=O) groups is 1. The summed E-state index contributed by atoms with van der Waals surface area (Å²) in [6.45, 7) is 0.329. The average Bonchev–Trinajstić information content (AvgIpc) is 2.20. The maximum atomic E-state index is 10.4. The fourth-order valence-corrected chi connectivity index (χ4v) is 1.08. The Morgan fingerprint density at radius 3 is 2.60 bits per heavy atom. The maximum Gasteiger partial charge on any atom is 0.322 e. The summed E-state index contributed by atoms with van der Waals surface area (Å²) in [5.74, 6) is -1.06. The van der Waals surface area contributed by atoms with Crippen molar-refractivity contribution in [1.29, 1.82) is 0 Å². The van der Waals surface area contributed by atoms with Crippen LogP contribution in [-0.4, -0.2) is 23.7 Å². The lowest BCUT2D eigenvalue weighted by Crippen LogP contribution is -2.34. The van der Waals surface area contributed by atoms with Gasteiger partial charge in [-0.05, 0) is 17.7 Å². The number of rotatable bonds is 5. The first-order valence-electron chi connectivity index (χ1n) is 4.40. The molecule has 0 radical (unpaired) electrons. The molecule has 1 aromatic carbocycles. The summed E-state index contributed by atoms with van der Waals surface area (Å²) in [7, 11) is 0. The van der Waals surface area contributed by atoms with E-state index < -0.39 is 12.0 Å². The summed E-state index contributed by atoms with van der Waals surface area (Å²) in [6.07, 6.45) is 0. The van der Waals surface area contributed by atoms with Gasteiger partial charge in [-0.1, -0.05) is 23.7 Å². The van der Waals surface area contributed by atoms with Crippen LogP contribution in [0.4, 0.5) is 0 Å². The molecule has 82 valence electrons. The first kappa shape index (κ1) is 12.0. The van der Waals surface area contributed by atoms with Gasteiger partial charge in [-0.15, -0.1) is 0 Å². The lowest BCUT2D eigenvalue weighted by Gasteiger charge is -2.07. The van der Waals surface area contributed by atoms with Gasteiger partial charge in [0.15, 0.2) is 0 Å². The van der Waals surface area contributed by atoms with Crippen LogP contribution in [0.15, 0.2) is 24.3 Å². The highest BCUT2D eigenvalue weighted by atomic mass is 35.5. The van der Waals surface area contributed by atoms with Gasteiger partial charge < -0.3 is 15.6 Å². The van der Waals surface area contributed by atoms with Gasteiger partial charge in [0.25, 0.3) is 0 Å². The van der Waals surface area contributed by atoms with E-state index in [0.717, 1.165) is 5.56 Å². The van der Waals surface area contributed by atoms with Gasteiger partial charge in [0.1, 0.15) is 6.04 Å². The standard InChI is InChI=1S/C10H12ClNO3/c11-8-3-1-7(2-4-8)5-15-6-9(12)10(13)14/h1-4,9H,5-6,12H2,(H,13,14). The number of nitrogens with two attached hydrogens (primary N) is 1. The Morgan fingerprint density at radius 2 is 2.07 bits per heavy atom. The second kappa shape index (κ2) is 5.70. The number of ether oxygens (including phenoxy) is 1. The molecule has 4 nitrogen and oxygen atoms in total. The molecule has 15 heavy (non-hydrogen) atoms. The van der Waals surface area contributed by atoms with E-state index in [4.69, 9.17) is 27.2 Å². The summed E-state index contributed by atoms with van der Waals surface area (Å²) in [5.41, 5.74) is 6.19. The van der Waals surface area contributed by atoms with Gasteiger partial charge in [0.05, 0.1) is 13.2 Å². The minimum absolute atomic E-state index is 0.00202. The minimum Gasteiger partial charge on any atom is -0.480 e. The first-order valence-corrected chi connectivity index (χ1v) is 4.78. The summed E-state index contributed by atoms with van der Waals surface area (Å²) in [5, 5.41) is 9.15. The molecule has 5 heteroatoms. The molecule has 0 saturated heterocycles. The van der Waals surface area contributed by atoms with Crippen molar-refractivity contribution in [3.05, 3.63) is 34.9 Å². The molecule has 0 bridgehead atoms. The fourth-order valence-electron chi connectivity index (χ4n) is 0.956. The Morgan fingerprint density at radius 1 is 1.47 bits per heavy atom. The van der Waals surface area contributed by atoms with E-state index in [1.165, 1.54) is 0 Å². The number of aliphatic carboxylic acids is 1. The Bertz CT molecular complexity index is 326. The molecule has 1 unspecified atom stereocenters. The van der Waals surface area contributed by atoms with Crippen LogP contribution in [-0.2, 0) is 16.1 Å². The summed E-state index contributed by atoms with van der Waals surface area (Å²) >= 11 is 5.70. The molecular formula is C10H12ClNO3. The molecule has 1 aromatic rings. The van der Waals surface area contributed by atoms with E-state index in [1.54, 1.807) is 12.1 Å². The van der Waals surface area contributed by atoms with Gasteiger partial charge in [-0.25, -0.2) is 0 Å². The van der Waals surface area contributed by atoms with Gasteiger partial charge >= 0.3 is 5.97 Å². The molecule has 1 rings (SSSR count). The highest BCUT2D eigenvalue weighted by Gasteiger charge is 2.10. The Balaban J connectivity index is 2.32. The second-order valence-electron chi connectivity index (χ2n) is 3.09. The van der Waals surface area contributed by atoms with Crippen LogP contribution in [0.25, 0.3) is 0 Å². The Hall–Kier alpha value is -1.10. The van der Waals surface area contributed by atoms with Gasteiger partial charge in [0, 0.05) is 5.02 Å². The molecule has 0 amide bonds. The minimum atomic E-state index is -1.06. The van der Waals surface area contributed by atoms with Gasteiger partial charge in [-0.2, -0.15) is 0 Å². The zero-order valence-corrected chi connectivity index (χ0v) is 8.78. The predicted molar refractivity (Wildman–Crippen MR) is 56.7 cm³/mol. The molecule has 0 spiro atoms. The molecule has 0 heterocycles. The van der Waals surface area contributed by atoms with Crippen molar-refractivity contribution < 1.29 is 14.6 Å². The quantitative estimate of drug-likeness (QED) is 0.798. The topological polar surface area (TPSA) is 72.5 Å². The molecular weight excluding hydrogens is 218 g/mol. The number of carboxylic acid groups (broad SMARTS) is 1. The maximum absolute atomic E-state index is 10.4. The third kappa shape index (κ3) is 4.29. The monoisotopic (exact) mass is 229 g/mol. The van der Waals surface area contributed by atoms with Crippen molar-refractivity contribution >= 4 is 17.6 Å². The SMILES string of the molecule is NC(COCc1ccc(Cl)cc1)C(=O)O. The number of halogens is 1. The van der Waals surface area contributed by atoms with Gasteiger partial charge in [-0.3, -0.25) is 4.79 Å². The predicted octanol–water partition coefficient (Wildman–Crippen LogP) is 1.27. The normalized spacial score (nSPS) is 12.4. The van der Waals surface area contributed by atoms with Crippen molar-refractivity contribution in [2.75, 3.05) is 6.61 Å². The van der Waals surface area contributed by atoms with Crippen molar-refractivity contribution in [2.24, 2.45) is 5.73 Å². The van der Waals surface area contributed by atoms with E-state index in [9.17, 15) is 4.79 Å². The van der Waals surface area contributed by atoms with E-state index >= 15 is 0 Å². The smallest absolute Gasteiger partial charge is 0.322 e. The molecule has 3 N–H and O–H groups in total. The molecule has 1 atom stereocenters. The fraction of sp³-hybridized carbons (Fsp3) is 0.300. The average molecular weight is 230 g/mol. The first-order chi connectivity index (χ1) is 7.09. The van der Waals surface area contributed by atoms with Crippen LogP contribution < -0.4 is 5.73 Å². The number of hydrogen-bond acceptors (Lipinski definition) is 3. The van der Waals surface area contributed by atoms with Crippen LogP contribution in [0, 0.1) is 0 Å². The summed E-state index contributed by atoms with van der Waals surface area (Å²) in [4.78, 5) is 10.4. The van der Waals surface area contributed by atoms with Crippen molar-refractivity contribution in [2.45, 2.75) is 12.6 Å². The van der Waals surface area contributed by atoms with Crippen LogP contribution in [0.2, 0.25) is 5.02 Å².